The summed E-state index contributed by atoms with van der Waals surface area (Å²) >= 11 is 13.6. The topological polar surface area (TPSA) is 60.9 Å². The summed E-state index contributed by atoms with van der Waals surface area (Å²) < 4.78 is 16.1. The molecule has 1 heterocycles. The molecule has 0 unspecified atom stereocenters. The molecule has 3 aromatic rings. The van der Waals surface area contributed by atoms with E-state index in [4.69, 9.17) is 37.4 Å². The molecule has 31 heavy (non-hydrogen) atoms. The Morgan fingerprint density at radius 3 is 2.61 bits per heavy atom. The van der Waals surface area contributed by atoms with Gasteiger partial charge in [-0.3, -0.25) is 4.79 Å². The number of carbonyl (C=O) groups is 1. The van der Waals surface area contributed by atoms with E-state index in [1.165, 1.54) is 11.3 Å². The molecule has 0 saturated heterocycles. The molecule has 0 aliphatic heterocycles. The Morgan fingerprint density at radius 1 is 1.13 bits per heavy atom. The highest BCUT2D eigenvalue weighted by atomic mass is 35.5. The molecule has 0 aliphatic carbocycles. The van der Waals surface area contributed by atoms with Crippen molar-refractivity contribution in [3.63, 3.8) is 0 Å². The van der Waals surface area contributed by atoms with Gasteiger partial charge in [0.05, 0.1) is 31.0 Å². The second-order valence-electron chi connectivity index (χ2n) is 6.54. The van der Waals surface area contributed by atoms with Gasteiger partial charge in [0.15, 0.2) is 0 Å². The zero-order chi connectivity index (χ0) is 22.2. The first kappa shape index (κ1) is 23.3. The van der Waals surface area contributed by atoms with Crippen molar-refractivity contribution in [2.24, 2.45) is 0 Å². The van der Waals surface area contributed by atoms with Crippen molar-refractivity contribution in [3.05, 3.63) is 74.2 Å². The highest BCUT2D eigenvalue weighted by molar-refractivity contribution is 7.09. The molecule has 1 amide bonds. The minimum atomic E-state index is -0.101. The molecule has 0 spiro atoms. The van der Waals surface area contributed by atoms with Crippen LogP contribution in [0.3, 0.4) is 0 Å². The third-order valence-corrected chi connectivity index (χ3v) is 5.80. The highest BCUT2D eigenvalue weighted by Gasteiger charge is 2.18. The van der Waals surface area contributed by atoms with Crippen molar-refractivity contribution in [1.29, 1.82) is 0 Å². The molecule has 0 aliphatic rings. The number of hydrogen-bond acceptors (Lipinski definition) is 6. The van der Waals surface area contributed by atoms with Crippen molar-refractivity contribution in [3.8, 4) is 11.5 Å². The summed E-state index contributed by atoms with van der Waals surface area (Å²) in [6, 6.07) is 12.1. The average molecular weight is 481 g/mol. The van der Waals surface area contributed by atoms with Crippen molar-refractivity contribution in [2.75, 3.05) is 27.4 Å². The van der Waals surface area contributed by atoms with Crippen molar-refractivity contribution in [2.45, 2.75) is 13.2 Å². The molecule has 164 valence electrons. The molecular formula is C22H22Cl2N2O4S. The summed E-state index contributed by atoms with van der Waals surface area (Å²) in [7, 11) is 3.20. The lowest BCUT2D eigenvalue weighted by atomic mass is 10.2. The summed E-state index contributed by atoms with van der Waals surface area (Å²) in [5.41, 5.74) is 1.35. The van der Waals surface area contributed by atoms with Gasteiger partial charge in [0.25, 0.3) is 5.91 Å². The van der Waals surface area contributed by atoms with Crippen LogP contribution >= 0.6 is 34.5 Å². The number of carbonyl (C=O) groups excluding carboxylic acids is 1. The van der Waals surface area contributed by atoms with Crippen LogP contribution in [0.2, 0.25) is 10.0 Å². The van der Waals surface area contributed by atoms with Crippen LogP contribution in [0.1, 0.15) is 21.1 Å². The summed E-state index contributed by atoms with van der Waals surface area (Å²) in [4.78, 5) is 19.3. The number of rotatable bonds is 10. The van der Waals surface area contributed by atoms with Gasteiger partial charge in [-0.2, -0.15) is 0 Å². The summed E-state index contributed by atoms with van der Waals surface area (Å²) in [6.07, 6.45) is 0. The zero-order valence-corrected chi connectivity index (χ0v) is 19.5. The fourth-order valence-electron chi connectivity index (χ4n) is 2.78. The van der Waals surface area contributed by atoms with Crippen molar-refractivity contribution in [1.82, 2.24) is 9.88 Å². The van der Waals surface area contributed by atoms with Crippen LogP contribution in [-0.4, -0.2) is 43.2 Å². The van der Waals surface area contributed by atoms with Gasteiger partial charge >= 0.3 is 0 Å². The SMILES string of the molecule is COCCN(Cc1csc(COc2cc(Cl)ccc2Cl)n1)C(=O)c1ccc(OC)cc1. The molecule has 0 N–H and O–H groups in total. The largest absolute Gasteiger partial charge is 0.497 e. The molecule has 0 bridgehead atoms. The number of amides is 1. The van der Waals surface area contributed by atoms with Crippen LogP contribution in [0.4, 0.5) is 0 Å². The third kappa shape index (κ3) is 6.58. The number of hydrogen-bond donors (Lipinski definition) is 0. The molecule has 2 aromatic carbocycles. The Hall–Kier alpha value is -2.32. The average Bonchev–Trinajstić information content (AvgIpc) is 3.24. The first-order valence-electron chi connectivity index (χ1n) is 9.43. The van der Waals surface area contributed by atoms with Crippen LogP contribution in [0, 0.1) is 0 Å². The van der Waals surface area contributed by atoms with E-state index in [1.807, 2.05) is 5.38 Å². The van der Waals surface area contributed by atoms with E-state index in [1.54, 1.807) is 61.6 Å². The number of halogens is 2. The summed E-state index contributed by atoms with van der Waals surface area (Å²) in [5, 5.41) is 3.72. The Morgan fingerprint density at radius 2 is 1.90 bits per heavy atom. The van der Waals surface area contributed by atoms with Gasteiger partial charge in [0.1, 0.15) is 23.1 Å². The maximum atomic E-state index is 13.0. The molecule has 9 heteroatoms. The Labute approximate surface area is 195 Å². The Balaban J connectivity index is 1.66. The zero-order valence-electron chi connectivity index (χ0n) is 17.1. The number of aromatic nitrogens is 1. The minimum Gasteiger partial charge on any atom is -0.497 e. The van der Waals surface area contributed by atoms with E-state index in [9.17, 15) is 4.79 Å². The van der Waals surface area contributed by atoms with E-state index in [-0.39, 0.29) is 12.5 Å². The van der Waals surface area contributed by atoms with E-state index >= 15 is 0 Å². The summed E-state index contributed by atoms with van der Waals surface area (Å²) in [6.45, 7) is 1.50. The lowest BCUT2D eigenvalue weighted by Gasteiger charge is -2.21. The molecule has 0 atom stereocenters. The number of thiazole rings is 1. The van der Waals surface area contributed by atoms with Crippen molar-refractivity contribution >= 4 is 40.4 Å². The number of methoxy groups -OCH3 is 2. The minimum absolute atomic E-state index is 0.101. The van der Waals surface area contributed by atoms with E-state index in [0.29, 0.717) is 46.8 Å². The second-order valence-corrected chi connectivity index (χ2v) is 8.33. The fourth-order valence-corrected chi connectivity index (χ4v) is 3.81. The Kier molecular flexibility index (Phi) is 8.54. The third-order valence-electron chi connectivity index (χ3n) is 4.39. The monoisotopic (exact) mass is 480 g/mol. The van der Waals surface area contributed by atoms with E-state index in [2.05, 4.69) is 4.98 Å². The molecule has 1 aromatic heterocycles. The first-order valence-corrected chi connectivity index (χ1v) is 11.1. The van der Waals surface area contributed by atoms with E-state index in [0.717, 1.165) is 10.7 Å². The normalized spacial score (nSPS) is 10.7. The number of ether oxygens (including phenoxy) is 3. The lowest BCUT2D eigenvalue weighted by Crippen LogP contribution is -2.33. The molecule has 0 fully saturated rings. The smallest absolute Gasteiger partial charge is 0.254 e. The summed E-state index contributed by atoms with van der Waals surface area (Å²) in [5.74, 6) is 1.10. The van der Waals surface area contributed by atoms with Gasteiger partial charge in [0.2, 0.25) is 0 Å². The first-order chi connectivity index (χ1) is 15.0. The molecular weight excluding hydrogens is 459 g/mol. The maximum Gasteiger partial charge on any atom is 0.254 e. The Bertz CT molecular complexity index is 1010. The predicted molar refractivity (Wildman–Crippen MR) is 123 cm³/mol. The van der Waals surface area contributed by atoms with Crippen molar-refractivity contribution < 1.29 is 19.0 Å². The van der Waals surface area contributed by atoms with Gasteiger partial charge in [-0.1, -0.05) is 23.2 Å². The van der Waals surface area contributed by atoms with Crippen LogP contribution in [0.15, 0.2) is 47.8 Å². The van der Waals surface area contributed by atoms with Crippen LogP contribution in [-0.2, 0) is 17.9 Å². The molecule has 3 rings (SSSR count). The second kappa shape index (κ2) is 11.3. The van der Waals surface area contributed by atoms with E-state index < -0.39 is 0 Å². The van der Waals surface area contributed by atoms with Crippen LogP contribution in [0.5, 0.6) is 11.5 Å². The fraction of sp³-hybridized carbons (Fsp3) is 0.273. The van der Waals surface area contributed by atoms with Gasteiger partial charge in [-0.15, -0.1) is 11.3 Å². The standard InChI is InChI=1S/C22H22Cl2N2O4S/c1-28-10-9-26(22(27)15-3-6-18(29-2)7-4-15)12-17-14-31-21(25-17)13-30-20-11-16(23)5-8-19(20)24/h3-8,11,14H,9-10,12-13H2,1-2H3. The van der Waals surface area contributed by atoms with Gasteiger partial charge in [0, 0.05) is 35.7 Å². The number of benzene rings is 2. The molecule has 6 nitrogen and oxygen atoms in total. The van der Waals surface area contributed by atoms with Gasteiger partial charge in [-0.25, -0.2) is 4.98 Å². The molecule has 0 radical (unpaired) electrons. The van der Waals surface area contributed by atoms with Gasteiger partial charge < -0.3 is 19.1 Å². The quantitative estimate of drug-likeness (QED) is 0.392. The van der Waals surface area contributed by atoms with Crippen LogP contribution < -0.4 is 9.47 Å². The predicted octanol–water partition coefficient (Wildman–Crippen LogP) is 5.33. The lowest BCUT2D eigenvalue weighted by molar-refractivity contribution is 0.0678. The maximum absolute atomic E-state index is 13.0. The van der Waals surface area contributed by atoms with Crippen LogP contribution in [0.25, 0.3) is 0 Å². The molecule has 0 saturated carbocycles. The number of nitrogens with zero attached hydrogens (tertiary/aromatic N) is 2. The highest BCUT2D eigenvalue weighted by Crippen LogP contribution is 2.28. The van der Waals surface area contributed by atoms with Gasteiger partial charge in [-0.05, 0) is 36.4 Å².